The first-order valence-corrected chi connectivity index (χ1v) is 8.06. The van der Waals surface area contributed by atoms with Gasteiger partial charge in [0.05, 0.1) is 12.3 Å². The summed E-state index contributed by atoms with van der Waals surface area (Å²) in [7, 11) is 0. The lowest BCUT2D eigenvalue weighted by molar-refractivity contribution is 0.276. The third-order valence-electron chi connectivity index (χ3n) is 1.88. The molecule has 0 unspecified atom stereocenters. The van der Waals surface area contributed by atoms with Gasteiger partial charge in [-0.3, -0.25) is 0 Å². The van der Waals surface area contributed by atoms with Gasteiger partial charge in [-0.05, 0) is 18.5 Å². The van der Waals surface area contributed by atoms with Crippen LogP contribution in [0.25, 0.3) is 0 Å². The first-order chi connectivity index (χ1) is 8.72. The van der Waals surface area contributed by atoms with E-state index in [1.807, 2.05) is 0 Å². The molecule has 0 fully saturated rings. The Morgan fingerprint density at radius 2 is 1.95 bits per heavy atom. The zero-order valence-corrected chi connectivity index (χ0v) is 14.6. The number of aromatic nitrogens is 1. The summed E-state index contributed by atoms with van der Waals surface area (Å²) >= 11 is 35.4. The SMILES string of the molecule is CSC(=S)Oc1c(Cl)c(CO)nc(C(Cl)(Cl)Cl)c1Cl. The minimum absolute atomic E-state index is 0.00283. The molecule has 0 spiro atoms. The minimum atomic E-state index is -1.88. The van der Waals surface area contributed by atoms with Gasteiger partial charge < -0.3 is 9.84 Å². The average Bonchev–Trinajstić information content (AvgIpc) is 2.32. The summed E-state index contributed by atoms with van der Waals surface area (Å²) in [6.07, 6.45) is 1.72. The highest BCUT2D eigenvalue weighted by molar-refractivity contribution is 8.22. The lowest BCUT2D eigenvalue weighted by Gasteiger charge is -2.18. The molecule has 0 saturated carbocycles. The first-order valence-electron chi connectivity index (χ1n) is 4.54. The molecule has 0 aliphatic carbocycles. The number of nitrogens with zero attached hydrogens (tertiary/aromatic N) is 1. The molecule has 1 rings (SSSR count). The molecule has 106 valence electrons. The Labute approximate surface area is 144 Å². The Morgan fingerprint density at radius 3 is 2.37 bits per heavy atom. The summed E-state index contributed by atoms with van der Waals surface area (Å²) in [5.41, 5.74) is -0.0159. The molecule has 0 aliphatic heterocycles. The highest BCUT2D eigenvalue weighted by atomic mass is 35.6. The molecular formula is C9H6Cl5NO2S2. The molecule has 0 atom stereocenters. The van der Waals surface area contributed by atoms with Crippen molar-refractivity contribution in [1.82, 2.24) is 4.98 Å². The number of thiocarbonyl (C=S) groups is 1. The van der Waals surface area contributed by atoms with Gasteiger partial charge in [-0.1, -0.05) is 69.8 Å². The number of halogens is 5. The molecule has 1 aromatic rings. The standard InChI is InChI=1S/C9H6Cl5NO2S2/c1-19-8(18)17-6-4(10)3(2-16)15-7(5(6)11)9(12,13)14/h16H,2H2,1H3. The second-order valence-corrected chi connectivity index (χ2v) is 7.52. The fourth-order valence-electron chi connectivity index (χ4n) is 1.08. The number of pyridine rings is 1. The maximum atomic E-state index is 9.20. The number of thioether (sulfide) groups is 1. The smallest absolute Gasteiger partial charge is 0.234 e. The van der Waals surface area contributed by atoms with Crippen molar-refractivity contribution in [2.75, 3.05) is 6.26 Å². The number of ether oxygens (including phenoxy) is 1. The van der Waals surface area contributed by atoms with E-state index in [1.54, 1.807) is 6.26 Å². The Hall–Kier alpha value is 0.800. The quantitative estimate of drug-likeness (QED) is 0.573. The molecule has 0 aliphatic rings. The minimum Gasteiger partial charge on any atom is -0.437 e. The summed E-state index contributed by atoms with van der Waals surface area (Å²) in [5, 5.41) is 9.15. The van der Waals surface area contributed by atoms with Crippen LogP contribution in [0, 0.1) is 0 Å². The van der Waals surface area contributed by atoms with Crippen molar-refractivity contribution < 1.29 is 9.84 Å². The molecule has 0 bridgehead atoms. The van der Waals surface area contributed by atoms with Gasteiger partial charge in [-0.2, -0.15) is 0 Å². The molecule has 19 heavy (non-hydrogen) atoms. The number of aliphatic hydroxyl groups is 1. The molecule has 1 N–H and O–H groups in total. The van der Waals surface area contributed by atoms with Gasteiger partial charge in [-0.25, -0.2) is 4.98 Å². The summed E-state index contributed by atoms with van der Waals surface area (Å²) in [4.78, 5) is 3.92. The number of aliphatic hydroxyl groups excluding tert-OH is 1. The summed E-state index contributed by atoms with van der Waals surface area (Å²) < 4.78 is 3.60. The number of alkyl halides is 3. The van der Waals surface area contributed by atoms with E-state index in [0.29, 0.717) is 0 Å². The van der Waals surface area contributed by atoms with Crippen LogP contribution in [0.2, 0.25) is 10.0 Å². The monoisotopic (exact) mass is 399 g/mol. The third-order valence-corrected chi connectivity index (χ3v) is 4.15. The van der Waals surface area contributed by atoms with Gasteiger partial charge in [0.2, 0.25) is 8.18 Å². The molecule has 0 radical (unpaired) electrons. The van der Waals surface area contributed by atoms with Crippen LogP contribution < -0.4 is 4.74 Å². The molecule has 0 saturated heterocycles. The van der Waals surface area contributed by atoms with Crippen molar-refractivity contribution in [3.8, 4) is 5.75 Å². The van der Waals surface area contributed by atoms with Gasteiger partial charge in [0.15, 0.2) is 5.75 Å². The van der Waals surface area contributed by atoms with E-state index in [2.05, 4.69) is 4.98 Å². The van der Waals surface area contributed by atoms with E-state index < -0.39 is 10.4 Å². The van der Waals surface area contributed by atoms with Crippen LogP contribution in [-0.4, -0.2) is 20.7 Å². The second-order valence-electron chi connectivity index (χ2n) is 3.08. The van der Waals surface area contributed by atoms with Crippen LogP contribution in [0.15, 0.2) is 0 Å². The van der Waals surface area contributed by atoms with Crippen molar-refractivity contribution in [3.05, 3.63) is 21.4 Å². The van der Waals surface area contributed by atoms with Crippen LogP contribution in [0.5, 0.6) is 5.75 Å². The molecule has 1 aromatic heterocycles. The van der Waals surface area contributed by atoms with Crippen LogP contribution in [-0.2, 0) is 10.4 Å². The van der Waals surface area contributed by atoms with Crippen molar-refractivity contribution in [3.63, 3.8) is 0 Å². The zero-order valence-electron chi connectivity index (χ0n) is 9.22. The Bertz CT molecular complexity index is 506. The molecular weight excluding hydrogens is 396 g/mol. The van der Waals surface area contributed by atoms with E-state index in [0.717, 1.165) is 0 Å². The predicted octanol–water partition coefficient (Wildman–Crippen LogP) is 4.73. The normalized spacial score (nSPS) is 11.5. The summed E-state index contributed by atoms with van der Waals surface area (Å²) in [5.74, 6) is 0.00283. The highest BCUT2D eigenvalue weighted by Gasteiger charge is 2.32. The van der Waals surface area contributed by atoms with Crippen molar-refractivity contribution >= 4 is 86.4 Å². The maximum absolute atomic E-state index is 9.20. The van der Waals surface area contributed by atoms with Gasteiger partial charge >= 0.3 is 0 Å². The number of hydrogen-bond acceptors (Lipinski definition) is 5. The molecule has 3 nitrogen and oxygen atoms in total. The van der Waals surface area contributed by atoms with Crippen LogP contribution >= 0.6 is 82.0 Å². The van der Waals surface area contributed by atoms with Crippen molar-refractivity contribution in [1.29, 1.82) is 0 Å². The topological polar surface area (TPSA) is 42.4 Å². The Kier molecular flexibility index (Phi) is 6.75. The van der Waals surface area contributed by atoms with Crippen molar-refractivity contribution in [2.24, 2.45) is 0 Å². The summed E-state index contributed by atoms with van der Waals surface area (Å²) in [6, 6.07) is 0. The largest absolute Gasteiger partial charge is 0.437 e. The number of hydrogen-bond donors (Lipinski definition) is 1. The lowest BCUT2D eigenvalue weighted by atomic mass is 10.3. The predicted molar refractivity (Wildman–Crippen MR) is 86.2 cm³/mol. The molecule has 0 amide bonds. The van der Waals surface area contributed by atoms with E-state index >= 15 is 0 Å². The number of rotatable bonds is 2. The van der Waals surface area contributed by atoms with Gasteiger partial charge in [-0.15, -0.1) is 0 Å². The van der Waals surface area contributed by atoms with Crippen LogP contribution in [0.1, 0.15) is 11.4 Å². The summed E-state index contributed by atoms with van der Waals surface area (Å²) in [6.45, 7) is -0.466. The third kappa shape index (κ3) is 4.38. The Morgan fingerprint density at radius 1 is 1.37 bits per heavy atom. The van der Waals surface area contributed by atoms with Crippen LogP contribution in [0.3, 0.4) is 0 Å². The fraction of sp³-hybridized carbons (Fsp3) is 0.333. The van der Waals surface area contributed by atoms with E-state index in [4.69, 9.17) is 75.0 Å². The highest BCUT2D eigenvalue weighted by Crippen LogP contribution is 2.46. The molecule has 1 heterocycles. The van der Waals surface area contributed by atoms with Crippen LogP contribution in [0.4, 0.5) is 0 Å². The van der Waals surface area contributed by atoms with Crippen molar-refractivity contribution in [2.45, 2.75) is 10.4 Å². The molecule has 10 heteroatoms. The second kappa shape index (κ2) is 7.18. The van der Waals surface area contributed by atoms with E-state index in [1.165, 1.54) is 11.8 Å². The average molecular weight is 402 g/mol. The van der Waals surface area contributed by atoms with Gasteiger partial charge in [0.25, 0.3) is 0 Å². The zero-order chi connectivity index (χ0) is 14.8. The Balaban J connectivity index is 3.47. The molecule has 0 aromatic carbocycles. The van der Waals surface area contributed by atoms with E-state index in [-0.39, 0.29) is 31.6 Å². The van der Waals surface area contributed by atoms with E-state index in [9.17, 15) is 5.11 Å². The van der Waals surface area contributed by atoms with Gasteiger partial charge in [0, 0.05) is 0 Å². The fourth-order valence-corrected chi connectivity index (χ4v) is 2.48. The van der Waals surface area contributed by atoms with Gasteiger partial charge in [0.1, 0.15) is 15.7 Å². The first kappa shape index (κ1) is 17.9. The maximum Gasteiger partial charge on any atom is 0.234 e. The lowest BCUT2D eigenvalue weighted by Crippen LogP contribution is -2.11.